The Morgan fingerprint density at radius 2 is 2.11 bits per heavy atom. The van der Waals surface area contributed by atoms with Gasteiger partial charge in [0, 0.05) is 12.1 Å². The van der Waals surface area contributed by atoms with E-state index in [1.165, 1.54) is 6.07 Å². The first kappa shape index (κ1) is 14.1. The monoisotopic (exact) mass is 267 g/mol. The Hall–Kier alpha value is -1.29. The Morgan fingerprint density at radius 3 is 2.68 bits per heavy atom. The molecule has 0 spiro atoms. The fourth-order valence-corrected chi connectivity index (χ4v) is 2.18. The summed E-state index contributed by atoms with van der Waals surface area (Å²) in [5, 5.41) is 0. The molecule has 1 aromatic carbocycles. The van der Waals surface area contributed by atoms with E-state index in [1.54, 1.807) is 0 Å². The lowest BCUT2D eigenvalue weighted by atomic mass is 10.1. The van der Waals surface area contributed by atoms with Crippen LogP contribution in [0.15, 0.2) is 18.2 Å². The number of nitrogens with zero attached hydrogens (tertiary/aromatic N) is 1. The van der Waals surface area contributed by atoms with E-state index >= 15 is 0 Å². The lowest BCUT2D eigenvalue weighted by Crippen LogP contribution is -2.33. The Bertz CT molecular complexity index is 457. The highest BCUT2D eigenvalue weighted by Gasteiger charge is 2.30. The molecule has 0 atom stereocenters. The van der Waals surface area contributed by atoms with Gasteiger partial charge in [-0.3, -0.25) is 9.69 Å². The first-order valence-corrected chi connectivity index (χ1v) is 6.84. The fourth-order valence-electron chi connectivity index (χ4n) is 2.18. The molecule has 19 heavy (non-hydrogen) atoms. The molecule has 0 saturated heterocycles. The van der Waals surface area contributed by atoms with Crippen LogP contribution in [-0.2, 0) is 0 Å². The lowest BCUT2D eigenvalue weighted by Gasteiger charge is -2.20. The predicted molar refractivity (Wildman–Crippen MR) is 70.2 cm³/mol. The molecule has 0 heterocycles. The summed E-state index contributed by atoms with van der Waals surface area (Å²) < 4.78 is 26.4. The van der Waals surface area contributed by atoms with Gasteiger partial charge >= 0.3 is 0 Å². The van der Waals surface area contributed by atoms with Crippen LogP contribution in [0.1, 0.15) is 43.0 Å². The third-order valence-electron chi connectivity index (χ3n) is 3.44. The number of carbonyl (C=O) groups excluding carboxylic acids is 1. The number of benzene rings is 1. The molecule has 104 valence electrons. The Morgan fingerprint density at radius 1 is 1.37 bits per heavy atom. The average molecular weight is 267 g/mol. The number of carbonyl (C=O) groups is 1. The highest BCUT2D eigenvalue weighted by molar-refractivity contribution is 5.97. The zero-order valence-electron chi connectivity index (χ0n) is 11.2. The van der Waals surface area contributed by atoms with Gasteiger partial charge < -0.3 is 0 Å². The van der Waals surface area contributed by atoms with Gasteiger partial charge in [0.25, 0.3) is 0 Å². The molecular weight excluding hydrogens is 248 g/mol. The third-order valence-corrected chi connectivity index (χ3v) is 3.44. The molecule has 1 aliphatic carbocycles. The standard InChI is InChI=1S/C15H19F2NO/c1-2-3-8-18(12-5-6-12)10-15(19)13-7-4-11(16)9-14(13)17/h4,7,9,12H,2-3,5-6,8,10H2,1H3. The Balaban J connectivity index is 2.01. The Kier molecular flexibility index (Phi) is 4.64. The van der Waals surface area contributed by atoms with Gasteiger partial charge in [0.15, 0.2) is 5.78 Å². The van der Waals surface area contributed by atoms with E-state index in [0.29, 0.717) is 6.04 Å². The van der Waals surface area contributed by atoms with Crippen molar-refractivity contribution >= 4 is 5.78 Å². The summed E-state index contributed by atoms with van der Waals surface area (Å²) in [6.07, 6.45) is 4.34. The van der Waals surface area contributed by atoms with E-state index < -0.39 is 11.6 Å². The second-order valence-corrected chi connectivity index (χ2v) is 5.10. The highest BCUT2D eigenvalue weighted by Crippen LogP contribution is 2.27. The minimum atomic E-state index is -0.767. The van der Waals surface area contributed by atoms with Crippen molar-refractivity contribution in [2.75, 3.05) is 13.1 Å². The molecule has 1 fully saturated rings. The van der Waals surface area contributed by atoms with Gasteiger partial charge in [-0.1, -0.05) is 13.3 Å². The first-order chi connectivity index (χ1) is 9.11. The zero-order valence-corrected chi connectivity index (χ0v) is 11.2. The highest BCUT2D eigenvalue weighted by atomic mass is 19.1. The van der Waals surface area contributed by atoms with Crippen molar-refractivity contribution in [3.05, 3.63) is 35.4 Å². The molecule has 4 heteroatoms. The number of halogens is 2. The quantitative estimate of drug-likeness (QED) is 0.706. The normalized spacial score (nSPS) is 14.9. The van der Waals surface area contributed by atoms with Crippen LogP contribution < -0.4 is 0 Å². The maximum absolute atomic E-state index is 13.5. The number of hydrogen-bond acceptors (Lipinski definition) is 2. The molecule has 2 nitrogen and oxygen atoms in total. The molecule has 0 radical (unpaired) electrons. The van der Waals surface area contributed by atoms with Gasteiger partial charge in [-0.05, 0) is 37.9 Å². The van der Waals surface area contributed by atoms with Crippen LogP contribution in [0.4, 0.5) is 8.78 Å². The minimum Gasteiger partial charge on any atom is -0.293 e. The first-order valence-electron chi connectivity index (χ1n) is 6.84. The van der Waals surface area contributed by atoms with Crippen molar-refractivity contribution in [1.29, 1.82) is 0 Å². The van der Waals surface area contributed by atoms with E-state index in [4.69, 9.17) is 0 Å². The predicted octanol–water partition coefficient (Wildman–Crippen LogP) is 3.41. The molecule has 0 N–H and O–H groups in total. The van der Waals surface area contributed by atoms with Crippen molar-refractivity contribution in [1.82, 2.24) is 4.90 Å². The van der Waals surface area contributed by atoms with Crippen molar-refractivity contribution < 1.29 is 13.6 Å². The van der Waals surface area contributed by atoms with Gasteiger partial charge in [0.1, 0.15) is 11.6 Å². The molecule has 1 saturated carbocycles. The summed E-state index contributed by atoms with van der Waals surface area (Å²) in [5.74, 6) is -1.68. The molecule has 0 aromatic heterocycles. The number of rotatable bonds is 7. The number of unbranched alkanes of at least 4 members (excludes halogenated alkanes) is 1. The van der Waals surface area contributed by atoms with E-state index in [9.17, 15) is 13.6 Å². The fraction of sp³-hybridized carbons (Fsp3) is 0.533. The van der Waals surface area contributed by atoms with E-state index in [1.807, 2.05) is 0 Å². The van der Waals surface area contributed by atoms with Crippen molar-refractivity contribution in [2.24, 2.45) is 0 Å². The van der Waals surface area contributed by atoms with E-state index in [-0.39, 0.29) is 17.9 Å². The van der Waals surface area contributed by atoms with Crippen LogP contribution in [-0.4, -0.2) is 29.8 Å². The number of Topliss-reactive ketones (excluding diaryl/α,β-unsaturated/α-hetero) is 1. The van der Waals surface area contributed by atoms with Crippen LogP contribution in [0.25, 0.3) is 0 Å². The van der Waals surface area contributed by atoms with Crippen molar-refractivity contribution in [3.8, 4) is 0 Å². The molecule has 1 aliphatic rings. The van der Waals surface area contributed by atoms with Crippen LogP contribution in [0.5, 0.6) is 0 Å². The topological polar surface area (TPSA) is 20.3 Å². The summed E-state index contributed by atoms with van der Waals surface area (Å²) >= 11 is 0. The van der Waals surface area contributed by atoms with Gasteiger partial charge in [-0.15, -0.1) is 0 Å². The van der Waals surface area contributed by atoms with Gasteiger partial charge in [-0.25, -0.2) is 8.78 Å². The molecule has 2 rings (SSSR count). The smallest absolute Gasteiger partial charge is 0.179 e. The summed E-state index contributed by atoms with van der Waals surface area (Å²) in [5.41, 5.74) is -0.0106. The van der Waals surface area contributed by atoms with Crippen LogP contribution in [0, 0.1) is 11.6 Å². The number of hydrogen-bond donors (Lipinski definition) is 0. The van der Waals surface area contributed by atoms with Gasteiger partial charge in [-0.2, -0.15) is 0 Å². The van der Waals surface area contributed by atoms with Crippen LogP contribution in [0.2, 0.25) is 0 Å². The second-order valence-electron chi connectivity index (χ2n) is 5.10. The molecule has 0 unspecified atom stereocenters. The lowest BCUT2D eigenvalue weighted by molar-refractivity contribution is 0.0919. The maximum atomic E-state index is 13.5. The third kappa shape index (κ3) is 3.83. The summed E-state index contributed by atoms with van der Waals surface area (Å²) in [4.78, 5) is 14.2. The molecule has 1 aromatic rings. The maximum Gasteiger partial charge on any atom is 0.179 e. The molecular formula is C15H19F2NO. The van der Waals surface area contributed by atoms with Crippen molar-refractivity contribution in [3.63, 3.8) is 0 Å². The number of ketones is 1. The van der Waals surface area contributed by atoms with Crippen LogP contribution >= 0.6 is 0 Å². The van der Waals surface area contributed by atoms with E-state index in [2.05, 4.69) is 11.8 Å². The molecule has 0 aliphatic heterocycles. The summed E-state index contributed by atoms with van der Waals surface area (Å²) in [6, 6.07) is 3.60. The SMILES string of the molecule is CCCCN(CC(=O)c1ccc(F)cc1F)C1CC1. The summed E-state index contributed by atoms with van der Waals surface area (Å²) in [7, 11) is 0. The molecule has 0 amide bonds. The average Bonchev–Trinajstić information content (AvgIpc) is 3.18. The largest absolute Gasteiger partial charge is 0.293 e. The van der Waals surface area contributed by atoms with Gasteiger partial charge in [0.2, 0.25) is 0 Å². The minimum absolute atomic E-state index is 0.0106. The molecule has 0 bridgehead atoms. The second kappa shape index (κ2) is 6.24. The van der Waals surface area contributed by atoms with E-state index in [0.717, 1.165) is 44.4 Å². The van der Waals surface area contributed by atoms with Gasteiger partial charge in [0.05, 0.1) is 12.1 Å². The summed E-state index contributed by atoms with van der Waals surface area (Å²) in [6.45, 7) is 3.20. The Labute approximate surface area is 112 Å². The van der Waals surface area contributed by atoms with Crippen molar-refractivity contribution in [2.45, 2.75) is 38.6 Å². The zero-order chi connectivity index (χ0) is 13.8. The van der Waals surface area contributed by atoms with Crippen LogP contribution in [0.3, 0.4) is 0 Å².